The second kappa shape index (κ2) is 4.06. The van der Waals surface area contributed by atoms with Crippen LogP contribution in [0.4, 0.5) is 5.88 Å². The molecule has 2 rings (SSSR count). The van der Waals surface area contributed by atoms with Gasteiger partial charge in [0.1, 0.15) is 11.4 Å². The number of rotatable bonds is 2. The SMILES string of the molecule is COc1c(C)cc(-c2cc(N)on2)cc1Cl. The molecule has 0 aliphatic rings. The van der Waals surface area contributed by atoms with E-state index >= 15 is 0 Å². The molecule has 1 heterocycles. The fraction of sp³-hybridized carbons (Fsp3) is 0.182. The van der Waals surface area contributed by atoms with Crippen LogP contribution in [0.25, 0.3) is 11.3 Å². The summed E-state index contributed by atoms with van der Waals surface area (Å²) in [4.78, 5) is 0. The van der Waals surface area contributed by atoms with Gasteiger partial charge in [0.25, 0.3) is 0 Å². The Morgan fingerprint density at radius 2 is 2.12 bits per heavy atom. The molecule has 0 bridgehead atoms. The van der Waals surface area contributed by atoms with Gasteiger partial charge in [0, 0.05) is 11.6 Å². The number of ether oxygens (including phenoxy) is 1. The molecule has 5 heteroatoms. The van der Waals surface area contributed by atoms with Crippen molar-refractivity contribution in [2.45, 2.75) is 6.92 Å². The molecule has 0 saturated carbocycles. The van der Waals surface area contributed by atoms with Crippen LogP contribution in [0.5, 0.6) is 5.75 Å². The summed E-state index contributed by atoms with van der Waals surface area (Å²) in [5.41, 5.74) is 7.91. The zero-order chi connectivity index (χ0) is 11.7. The number of halogens is 1. The number of aryl methyl sites for hydroxylation is 1. The Labute approximate surface area is 97.9 Å². The molecule has 0 atom stereocenters. The second-order valence-electron chi connectivity index (χ2n) is 3.42. The van der Waals surface area contributed by atoms with Crippen LogP contribution in [-0.2, 0) is 0 Å². The summed E-state index contributed by atoms with van der Waals surface area (Å²) in [7, 11) is 1.59. The number of anilines is 1. The van der Waals surface area contributed by atoms with Crippen molar-refractivity contribution in [3.05, 3.63) is 28.8 Å². The molecule has 0 aliphatic heterocycles. The maximum absolute atomic E-state index is 6.08. The van der Waals surface area contributed by atoms with Gasteiger partial charge in [-0.05, 0) is 24.6 Å². The molecular weight excluding hydrogens is 228 g/mol. The van der Waals surface area contributed by atoms with Gasteiger partial charge in [-0.1, -0.05) is 16.8 Å². The minimum atomic E-state index is 0.277. The monoisotopic (exact) mass is 238 g/mol. The van der Waals surface area contributed by atoms with E-state index < -0.39 is 0 Å². The van der Waals surface area contributed by atoms with E-state index in [1.807, 2.05) is 13.0 Å². The van der Waals surface area contributed by atoms with Gasteiger partial charge in [-0.2, -0.15) is 0 Å². The maximum atomic E-state index is 6.08. The van der Waals surface area contributed by atoms with E-state index in [-0.39, 0.29) is 5.88 Å². The molecule has 0 unspecified atom stereocenters. The smallest absolute Gasteiger partial charge is 0.222 e. The number of hydrogen-bond donors (Lipinski definition) is 1. The summed E-state index contributed by atoms with van der Waals surface area (Å²) < 4.78 is 9.98. The standard InChI is InChI=1S/C11H11ClN2O2/c1-6-3-7(4-8(12)11(6)15-2)9-5-10(13)16-14-9/h3-5H,13H2,1-2H3. The Kier molecular flexibility index (Phi) is 2.75. The second-order valence-corrected chi connectivity index (χ2v) is 3.83. The van der Waals surface area contributed by atoms with Crippen LogP contribution in [0.2, 0.25) is 5.02 Å². The van der Waals surface area contributed by atoms with Crippen LogP contribution < -0.4 is 10.5 Å². The topological polar surface area (TPSA) is 61.3 Å². The Hall–Kier alpha value is -1.68. The first-order chi connectivity index (χ1) is 7.61. The van der Waals surface area contributed by atoms with E-state index in [1.54, 1.807) is 19.2 Å². The van der Waals surface area contributed by atoms with Crippen LogP contribution in [0.1, 0.15) is 5.56 Å². The normalized spacial score (nSPS) is 10.4. The molecule has 2 N–H and O–H groups in total. The van der Waals surface area contributed by atoms with Gasteiger partial charge in [0.05, 0.1) is 12.1 Å². The Balaban J connectivity index is 2.52. The van der Waals surface area contributed by atoms with Crippen molar-refractivity contribution in [2.24, 2.45) is 0 Å². The number of benzene rings is 1. The fourth-order valence-electron chi connectivity index (χ4n) is 1.56. The largest absolute Gasteiger partial charge is 0.495 e. The van der Waals surface area contributed by atoms with E-state index in [2.05, 4.69) is 5.16 Å². The van der Waals surface area contributed by atoms with Gasteiger partial charge < -0.3 is 15.0 Å². The van der Waals surface area contributed by atoms with Crippen molar-refractivity contribution >= 4 is 17.5 Å². The molecule has 0 amide bonds. The average molecular weight is 239 g/mol. The number of aromatic nitrogens is 1. The number of hydrogen-bond acceptors (Lipinski definition) is 4. The highest BCUT2D eigenvalue weighted by Crippen LogP contribution is 2.33. The molecule has 16 heavy (non-hydrogen) atoms. The predicted molar refractivity (Wildman–Crippen MR) is 62.7 cm³/mol. The molecule has 0 fully saturated rings. The first-order valence-electron chi connectivity index (χ1n) is 4.68. The molecule has 2 aromatic rings. The number of nitrogens with zero attached hydrogens (tertiary/aromatic N) is 1. The average Bonchev–Trinajstić information content (AvgIpc) is 2.64. The minimum Gasteiger partial charge on any atom is -0.495 e. The summed E-state index contributed by atoms with van der Waals surface area (Å²) >= 11 is 6.08. The number of nitrogens with two attached hydrogens (primary N) is 1. The van der Waals surface area contributed by atoms with E-state index in [9.17, 15) is 0 Å². The van der Waals surface area contributed by atoms with E-state index in [4.69, 9.17) is 26.6 Å². The number of methoxy groups -OCH3 is 1. The maximum Gasteiger partial charge on any atom is 0.222 e. The quantitative estimate of drug-likeness (QED) is 0.874. The summed E-state index contributed by atoms with van der Waals surface area (Å²) in [5, 5.41) is 4.37. The lowest BCUT2D eigenvalue weighted by molar-refractivity contribution is 0.412. The first-order valence-corrected chi connectivity index (χ1v) is 5.06. The van der Waals surface area contributed by atoms with Crippen molar-refractivity contribution in [1.82, 2.24) is 5.16 Å². The van der Waals surface area contributed by atoms with E-state index in [0.29, 0.717) is 16.5 Å². The zero-order valence-corrected chi connectivity index (χ0v) is 9.71. The third-order valence-electron chi connectivity index (χ3n) is 2.26. The molecule has 0 spiro atoms. The summed E-state index contributed by atoms with van der Waals surface area (Å²) in [6, 6.07) is 5.34. The molecule has 4 nitrogen and oxygen atoms in total. The van der Waals surface area contributed by atoms with Gasteiger partial charge in [0.15, 0.2) is 0 Å². The van der Waals surface area contributed by atoms with Crippen molar-refractivity contribution in [3.8, 4) is 17.0 Å². The molecule has 0 aliphatic carbocycles. The Bertz CT molecular complexity index is 499. The minimum absolute atomic E-state index is 0.277. The fourth-order valence-corrected chi connectivity index (χ4v) is 1.91. The molecule has 0 saturated heterocycles. The van der Waals surface area contributed by atoms with E-state index in [0.717, 1.165) is 11.1 Å². The van der Waals surface area contributed by atoms with Crippen molar-refractivity contribution < 1.29 is 9.26 Å². The van der Waals surface area contributed by atoms with Crippen LogP contribution in [0.3, 0.4) is 0 Å². The van der Waals surface area contributed by atoms with Gasteiger partial charge in [-0.3, -0.25) is 0 Å². The first kappa shape index (κ1) is 10.8. The van der Waals surface area contributed by atoms with Crippen LogP contribution in [-0.4, -0.2) is 12.3 Å². The van der Waals surface area contributed by atoms with Crippen LogP contribution in [0.15, 0.2) is 22.7 Å². The van der Waals surface area contributed by atoms with Gasteiger partial charge in [0.2, 0.25) is 5.88 Å². The Morgan fingerprint density at radius 3 is 2.62 bits per heavy atom. The highest BCUT2D eigenvalue weighted by molar-refractivity contribution is 6.32. The van der Waals surface area contributed by atoms with Crippen molar-refractivity contribution in [3.63, 3.8) is 0 Å². The van der Waals surface area contributed by atoms with Gasteiger partial charge in [-0.25, -0.2) is 0 Å². The van der Waals surface area contributed by atoms with Crippen molar-refractivity contribution in [1.29, 1.82) is 0 Å². The number of nitrogen functional groups attached to an aromatic ring is 1. The lowest BCUT2D eigenvalue weighted by Crippen LogP contribution is -1.89. The van der Waals surface area contributed by atoms with E-state index in [1.165, 1.54) is 0 Å². The summed E-state index contributed by atoms with van der Waals surface area (Å²) in [5.74, 6) is 0.946. The van der Waals surface area contributed by atoms with Crippen LogP contribution in [0, 0.1) is 6.92 Å². The Morgan fingerprint density at radius 1 is 1.38 bits per heavy atom. The predicted octanol–water partition coefficient (Wildman–Crippen LogP) is 2.89. The molecule has 1 aromatic heterocycles. The highest BCUT2D eigenvalue weighted by Gasteiger charge is 2.10. The molecular formula is C11H11ClN2O2. The summed E-state index contributed by atoms with van der Waals surface area (Å²) in [6.45, 7) is 1.91. The summed E-state index contributed by atoms with van der Waals surface area (Å²) in [6.07, 6.45) is 0. The highest BCUT2D eigenvalue weighted by atomic mass is 35.5. The van der Waals surface area contributed by atoms with Gasteiger partial charge >= 0.3 is 0 Å². The molecule has 84 valence electrons. The van der Waals surface area contributed by atoms with Crippen molar-refractivity contribution in [2.75, 3.05) is 12.8 Å². The zero-order valence-electron chi connectivity index (χ0n) is 8.95. The lowest BCUT2D eigenvalue weighted by atomic mass is 10.1. The third kappa shape index (κ3) is 1.84. The van der Waals surface area contributed by atoms with Gasteiger partial charge in [-0.15, -0.1) is 0 Å². The molecule has 0 radical (unpaired) electrons. The van der Waals surface area contributed by atoms with Crippen LogP contribution >= 0.6 is 11.6 Å². The third-order valence-corrected chi connectivity index (χ3v) is 2.54. The lowest BCUT2D eigenvalue weighted by Gasteiger charge is -2.08. The molecule has 1 aromatic carbocycles.